The number of carbonyl (C=O) groups is 1. The van der Waals surface area contributed by atoms with Gasteiger partial charge < -0.3 is 9.22 Å². The van der Waals surface area contributed by atoms with Crippen LogP contribution in [0.2, 0.25) is 0 Å². The minimum absolute atomic E-state index is 0.211. The van der Waals surface area contributed by atoms with Crippen LogP contribution in [0.1, 0.15) is 19.8 Å². The third kappa shape index (κ3) is 10.7. The summed E-state index contributed by atoms with van der Waals surface area (Å²) >= 11 is 0. The van der Waals surface area contributed by atoms with Crippen LogP contribution in [0, 0.1) is 0 Å². The van der Waals surface area contributed by atoms with Gasteiger partial charge in [0.15, 0.2) is 0 Å². The summed E-state index contributed by atoms with van der Waals surface area (Å²) < 4.78 is 35.3. The summed E-state index contributed by atoms with van der Waals surface area (Å²) in [6, 6.07) is 0. The molecule has 0 radical (unpaired) electrons. The summed E-state index contributed by atoms with van der Waals surface area (Å²) in [5.74, 6) is -0.608. The first kappa shape index (κ1) is 18.1. The number of unbranched alkanes of at least 4 members (excludes halogenated alkanes) is 1. The van der Waals surface area contributed by atoms with Gasteiger partial charge in [0.25, 0.3) is 10.1 Å². The van der Waals surface area contributed by atoms with E-state index in [-0.39, 0.29) is 5.75 Å². The Morgan fingerprint density at radius 3 is 2.32 bits per heavy atom. The zero-order chi connectivity index (χ0) is 15.1. The molecule has 0 unspecified atom stereocenters. The van der Waals surface area contributed by atoms with Crippen molar-refractivity contribution in [1.29, 1.82) is 0 Å². The van der Waals surface area contributed by atoms with Crippen molar-refractivity contribution < 1.29 is 27.0 Å². The zero-order valence-corrected chi connectivity index (χ0v) is 12.7. The number of nitrogens with zero attached hydrogens (tertiary/aromatic N) is 1. The highest BCUT2D eigenvalue weighted by Crippen LogP contribution is 2.04. The molecule has 0 aromatic heterocycles. The highest BCUT2D eigenvalue weighted by atomic mass is 32.2. The average Bonchev–Trinajstić information content (AvgIpc) is 2.22. The largest absolute Gasteiger partial charge is 0.456 e. The molecule has 0 heterocycles. The van der Waals surface area contributed by atoms with Crippen molar-refractivity contribution in [2.45, 2.75) is 19.8 Å². The number of hydrogen-bond donors (Lipinski definition) is 1. The van der Waals surface area contributed by atoms with Gasteiger partial charge in [0, 0.05) is 5.57 Å². The second-order valence-electron chi connectivity index (χ2n) is 5.29. The van der Waals surface area contributed by atoms with Crippen LogP contribution in [0.4, 0.5) is 0 Å². The molecule has 112 valence electrons. The quantitative estimate of drug-likeness (QED) is 0.224. The number of ether oxygens (including phenoxy) is 1. The van der Waals surface area contributed by atoms with E-state index in [1.54, 1.807) is 6.92 Å². The fourth-order valence-corrected chi connectivity index (χ4v) is 2.01. The van der Waals surface area contributed by atoms with Gasteiger partial charge in [0.1, 0.15) is 13.2 Å². The molecule has 7 heteroatoms. The van der Waals surface area contributed by atoms with Crippen LogP contribution in [0.25, 0.3) is 0 Å². The van der Waals surface area contributed by atoms with E-state index in [0.29, 0.717) is 36.0 Å². The lowest BCUT2D eigenvalue weighted by molar-refractivity contribution is -0.890. The molecule has 19 heavy (non-hydrogen) atoms. The van der Waals surface area contributed by atoms with E-state index in [0.717, 1.165) is 6.54 Å². The molecule has 0 aliphatic carbocycles. The first-order valence-corrected chi connectivity index (χ1v) is 7.74. The number of rotatable bonds is 9. The number of carbonyl (C=O) groups excluding carboxylic acids is 1. The smallest absolute Gasteiger partial charge is 0.333 e. The summed E-state index contributed by atoms with van der Waals surface area (Å²) in [4.78, 5) is 11.2. The van der Waals surface area contributed by atoms with E-state index in [2.05, 4.69) is 6.58 Å². The predicted octanol–water partition coefficient (Wildman–Crippen LogP) is 0.850. The fourth-order valence-electron chi connectivity index (χ4n) is 1.44. The second-order valence-corrected chi connectivity index (χ2v) is 6.86. The van der Waals surface area contributed by atoms with E-state index in [1.165, 1.54) is 0 Å². The average molecular weight is 294 g/mol. The van der Waals surface area contributed by atoms with Crippen LogP contribution >= 0.6 is 0 Å². The Bertz CT molecular complexity index is 414. The standard InChI is InChI=1S/C12H23NO5S/c1-11(2)12(14)18-9-8-13(3,4)7-5-6-10-19(15,16)17/h1,5-10H2,2-4H3/p+1. The van der Waals surface area contributed by atoms with Crippen molar-refractivity contribution in [3.05, 3.63) is 12.2 Å². The van der Waals surface area contributed by atoms with Crippen LogP contribution in [0.3, 0.4) is 0 Å². The molecule has 0 saturated heterocycles. The van der Waals surface area contributed by atoms with Crippen molar-refractivity contribution >= 4 is 16.1 Å². The van der Waals surface area contributed by atoms with Crippen LogP contribution in [0.15, 0.2) is 12.2 Å². The third-order valence-corrected chi connectivity index (χ3v) is 3.50. The molecule has 0 aromatic rings. The number of likely N-dealkylation sites (N-methyl/N-ethyl adjacent to an activating group) is 1. The number of hydrogen-bond acceptors (Lipinski definition) is 4. The summed E-state index contributed by atoms with van der Waals surface area (Å²) in [5.41, 5.74) is 0.374. The lowest BCUT2D eigenvalue weighted by atomic mass is 10.3. The predicted molar refractivity (Wildman–Crippen MR) is 73.3 cm³/mol. The van der Waals surface area contributed by atoms with Gasteiger partial charge in [-0.15, -0.1) is 0 Å². The maximum absolute atomic E-state index is 11.2. The molecule has 0 fully saturated rings. The van der Waals surface area contributed by atoms with Gasteiger partial charge in [-0.1, -0.05) is 6.58 Å². The third-order valence-electron chi connectivity index (χ3n) is 2.69. The maximum atomic E-state index is 11.2. The van der Waals surface area contributed by atoms with Gasteiger partial charge in [-0.2, -0.15) is 8.42 Å². The van der Waals surface area contributed by atoms with Gasteiger partial charge in [0.05, 0.1) is 26.4 Å². The monoisotopic (exact) mass is 294 g/mol. The zero-order valence-electron chi connectivity index (χ0n) is 11.9. The SMILES string of the molecule is C=C(C)C(=O)OCC[N+](C)(C)CCCCS(=O)(=O)O. The molecule has 0 amide bonds. The molecule has 0 saturated carbocycles. The Morgan fingerprint density at radius 1 is 1.26 bits per heavy atom. The molecule has 6 nitrogen and oxygen atoms in total. The highest BCUT2D eigenvalue weighted by Gasteiger charge is 2.16. The van der Waals surface area contributed by atoms with Gasteiger partial charge in [-0.3, -0.25) is 4.55 Å². The van der Waals surface area contributed by atoms with Crippen molar-refractivity contribution in [2.75, 3.05) is 39.5 Å². The van der Waals surface area contributed by atoms with Gasteiger partial charge in [-0.25, -0.2) is 4.79 Å². The molecular formula is C12H24NO5S+. The van der Waals surface area contributed by atoms with Crippen molar-refractivity contribution in [2.24, 2.45) is 0 Å². The molecule has 0 aliphatic heterocycles. The molecule has 0 bridgehead atoms. The van der Waals surface area contributed by atoms with Crippen molar-refractivity contribution in [3.8, 4) is 0 Å². The minimum atomic E-state index is -3.87. The Kier molecular flexibility index (Phi) is 7.25. The lowest BCUT2D eigenvalue weighted by Crippen LogP contribution is -2.43. The van der Waals surface area contributed by atoms with Crippen molar-refractivity contribution in [3.63, 3.8) is 0 Å². The maximum Gasteiger partial charge on any atom is 0.333 e. The van der Waals surface area contributed by atoms with Crippen LogP contribution in [-0.4, -0.2) is 63.0 Å². The lowest BCUT2D eigenvalue weighted by Gasteiger charge is -2.29. The van der Waals surface area contributed by atoms with Crippen LogP contribution in [-0.2, 0) is 19.6 Å². The van der Waals surface area contributed by atoms with Gasteiger partial charge >= 0.3 is 5.97 Å². The molecular weight excluding hydrogens is 270 g/mol. The molecule has 0 aliphatic rings. The first-order chi connectivity index (χ1) is 8.53. The first-order valence-electron chi connectivity index (χ1n) is 6.13. The summed E-state index contributed by atoms with van der Waals surface area (Å²) in [6.45, 7) is 6.78. The van der Waals surface area contributed by atoms with Crippen LogP contribution in [0.5, 0.6) is 0 Å². The van der Waals surface area contributed by atoms with E-state index in [1.807, 2.05) is 14.1 Å². The Morgan fingerprint density at radius 2 is 1.84 bits per heavy atom. The number of esters is 1. The Labute approximate surface area is 115 Å². The normalized spacial score (nSPS) is 12.2. The number of quaternary nitrogens is 1. The van der Waals surface area contributed by atoms with E-state index in [4.69, 9.17) is 9.29 Å². The Hall–Kier alpha value is -0.920. The molecule has 0 atom stereocenters. The summed E-state index contributed by atoms with van der Waals surface area (Å²) in [5, 5.41) is 0. The van der Waals surface area contributed by atoms with Gasteiger partial charge in [-0.05, 0) is 19.8 Å². The minimum Gasteiger partial charge on any atom is -0.456 e. The second kappa shape index (κ2) is 7.62. The Balaban J connectivity index is 3.86. The summed E-state index contributed by atoms with van der Waals surface area (Å²) in [6.07, 6.45) is 1.10. The molecule has 1 N–H and O–H groups in total. The summed E-state index contributed by atoms with van der Waals surface area (Å²) in [7, 11) is 0.0829. The van der Waals surface area contributed by atoms with E-state index < -0.39 is 16.1 Å². The van der Waals surface area contributed by atoms with Gasteiger partial charge in [0.2, 0.25) is 0 Å². The van der Waals surface area contributed by atoms with Crippen molar-refractivity contribution in [1.82, 2.24) is 0 Å². The van der Waals surface area contributed by atoms with Crippen LogP contribution < -0.4 is 0 Å². The fraction of sp³-hybridized carbons (Fsp3) is 0.750. The van der Waals surface area contributed by atoms with E-state index >= 15 is 0 Å². The molecule has 0 rings (SSSR count). The van der Waals surface area contributed by atoms with E-state index in [9.17, 15) is 13.2 Å². The molecule has 0 spiro atoms. The highest BCUT2D eigenvalue weighted by molar-refractivity contribution is 7.85. The molecule has 0 aromatic carbocycles. The topological polar surface area (TPSA) is 80.7 Å².